The van der Waals surface area contributed by atoms with Crippen LogP contribution in [0.2, 0.25) is 0 Å². The van der Waals surface area contributed by atoms with Crippen molar-refractivity contribution < 1.29 is 23.8 Å². The van der Waals surface area contributed by atoms with Gasteiger partial charge in [-0.3, -0.25) is 9.59 Å². The topological polar surface area (TPSA) is 61.8 Å². The van der Waals surface area contributed by atoms with Crippen LogP contribution < -0.4 is 0 Å². The minimum absolute atomic E-state index is 0.0329. The zero-order valence-corrected chi connectivity index (χ0v) is 38.7. The van der Waals surface area contributed by atoms with Gasteiger partial charge in [0.1, 0.15) is 6.61 Å². The molecule has 0 aliphatic rings. The van der Waals surface area contributed by atoms with Crippen molar-refractivity contribution in [3.63, 3.8) is 0 Å². The summed E-state index contributed by atoms with van der Waals surface area (Å²) < 4.78 is 17.2. The Bertz CT molecular complexity index is 1260. The van der Waals surface area contributed by atoms with Crippen LogP contribution in [0.3, 0.4) is 0 Å². The Hall–Kier alpha value is -3.70. The molecule has 60 heavy (non-hydrogen) atoms. The van der Waals surface area contributed by atoms with Gasteiger partial charge in [0.2, 0.25) is 0 Å². The molecule has 1 atom stereocenters. The van der Waals surface area contributed by atoms with E-state index in [2.05, 4.69) is 142 Å². The van der Waals surface area contributed by atoms with Gasteiger partial charge in [0.15, 0.2) is 6.10 Å². The van der Waals surface area contributed by atoms with Crippen molar-refractivity contribution in [2.75, 3.05) is 19.8 Å². The van der Waals surface area contributed by atoms with Gasteiger partial charge in [0, 0.05) is 12.8 Å². The molecule has 0 aromatic carbocycles. The Kier molecular flexibility index (Phi) is 46.6. The quantitative estimate of drug-likeness (QED) is 0.0348. The molecule has 0 spiro atoms. The molecule has 0 aliphatic heterocycles. The molecule has 0 radical (unpaired) electrons. The highest BCUT2D eigenvalue weighted by Gasteiger charge is 2.17. The fourth-order valence-corrected chi connectivity index (χ4v) is 5.98. The van der Waals surface area contributed by atoms with Gasteiger partial charge in [-0.25, -0.2) is 0 Å². The maximum atomic E-state index is 12.8. The van der Waals surface area contributed by atoms with Gasteiger partial charge in [-0.2, -0.15) is 0 Å². The minimum atomic E-state index is -0.597. The summed E-state index contributed by atoms with van der Waals surface area (Å²) in [6.45, 7) is 7.27. The van der Waals surface area contributed by atoms with Crippen LogP contribution in [0.5, 0.6) is 0 Å². The van der Waals surface area contributed by atoms with Crippen LogP contribution >= 0.6 is 0 Å². The number of ether oxygens (including phenoxy) is 3. The number of carbonyl (C=O) groups excluding carboxylic acids is 2. The lowest BCUT2D eigenvalue weighted by molar-refractivity contribution is -0.162. The van der Waals surface area contributed by atoms with Crippen LogP contribution in [0.15, 0.2) is 122 Å². The Morgan fingerprint density at radius 2 is 0.750 bits per heavy atom. The van der Waals surface area contributed by atoms with E-state index < -0.39 is 6.10 Å². The number of esters is 2. The molecular formula is C55H88O5. The largest absolute Gasteiger partial charge is 0.462 e. The highest BCUT2D eigenvalue weighted by Crippen LogP contribution is 2.12. The Morgan fingerprint density at radius 1 is 0.383 bits per heavy atom. The molecule has 0 heterocycles. The van der Waals surface area contributed by atoms with Crippen LogP contribution in [-0.2, 0) is 23.8 Å². The predicted octanol–water partition coefficient (Wildman–Crippen LogP) is 16.2. The van der Waals surface area contributed by atoms with Crippen molar-refractivity contribution in [1.29, 1.82) is 0 Å². The van der Waals surface area contributed by atoms with E-state index in [0.717, 1.165) is 122 Å². The van der Waals surface area contributed by atoms with Gasteiger partial charge < -0.3 is 14.2 Å². The van der Waals surface area contributed by atoms with E-state index >= 15 is 0 Å². The summed E-state index contributed by atoms with van der Waals surface area (Å²) in [5, 5.41) is 0. The molecule has 0 aromatic rings. The van der Waals surface area contributed by atoms with Gasteiger partial charge in [-0.05, 0) is 109 Å². The highest BCUT2D eigenvalue weighted by atomic mass is 16.6. The summed E-state index contributed by atoms with van der Waals surface area (Å²) in [5.74, 6) is -0.485. The summed E-state index contributed by atoms with van der Waals surface area (Å²) in [6, 6.07) is 0. The second-order valence-corrected chi connectivity index (χ2v) is 15.2. The van der Waals surface area contributed by atoms with Crippen LogP contribution in [0.1, 0.15) is 188 Å². The van der Waals surface area contributed by atoms with Crippen molar-refractivity contribution >= 4 is 11.9 Å². The lowest BCUT2D eigenvalue weighted by Crippen LogP contribution is -2.30. The Morgan fingerprint density at radius 3 is 1.20 bits per heavy atom. The van der Waals surface area contributed by atoms with E-state index in [0.29, 0.717) is 19.4 Å². The Balaban J connectivity index is 4.46. The fourth-order valence-electron chi connectivity index (χ4n) is 5.98. The van der Waals surface area contributed by atoms with Gasteiger partial charge in [0.05, 0.1) is 13.2 Å². The van der Waals surface area contributed by atoms with Gasteiger partial charge in [0.25, 0.3) is 0 Å². The van der Waals surface area contributed by atoms with E-state index in [1.807, 2.05) is 0 Å². The maximum absolute atomic E-state index is 12.8. The van der Waals surface area contributed by atoms with E-state index in [1.165, 1.54) is 32.1 Å². The molecule has 0 N–H and O–H groups in total. The standard InChI is InChI=1S/C55H88O5/c1-4-7-10-13-16-19-22-25-27-29-32-35-38-41-44-47-50-58-51-53(60-55(57)49-46-43-40-37-34-30-24-21-18-15-12-9-6-3)52-59-54(56)48-45-42-39-36-33-31-28-26-23-20-17-14-11-8-5-2/h7-8,10-12,15-17,19-21,24-28,32,35,41,44,53H,4-6,9,13-14,18,22-23,29-31,33-34,36-40,42-43,45-52H2,1-3H3/b10-7-,11-8-,15-12-,19-16-,20-17-,24-21-,27-25-,28-26-,35-32-,44-41-. The first-order valence-electron chi connectivity index (χ1n) is 24.1. The second-order valence-electron chi connectivity index (χ2n) is 15.2. The van der Waals surface area contributed by atoms with Crippen molar-refractivity contribution in [2.24, 2.45) is 0 Å². The molecule has 338 valence electrons. The molecule has 0 saturated carbocycles. The summed E-state index contributed by atoms with van der Waals surface area (Å²) in [6.07, 6.45) is 69.3. The van der Waals surface area contributed by atoms with E-state index in [9.17, 15) is 9.59 Å². The third-order valence-corrected chi connectivity index (χ3v) is 9.46. The zero-order chi connectivity index (χ0) is 43.5. The summed E-state index contributed by atoms with van der Waals surface area (Å²) >= 11 is 0. The molecule has 0 aromatic heterocycles. The minimum Gasteiger partial charge on any atom is -0.462 e. The smallest absolute Gasteiger partial charge is 0.306 e. The van der Waals surface area contributed by atoms with Gasteiger partial charge in [-0.1, -0.05) is 187 Å². The number of allylic oxidation sites excluding steroid dienone is 19. The average molecular weight is 829 g/mol. The van der Waals surface area contributed by atoms with Crippen LogP contribution in [0.4, 0.5) is 0 Å². The van der Waals surface area contributed by atoms with Crippen molar-refractivity contribution in [1.82, 2.24) is 0 Å². The molecule has 1 unspecified atom stereocenters. The van der Waals surface area contributed by atoms with Crippen molar-refractivity contribution in [3.05, 3.63) is 122 Å². The normalized spacial score (nSPS) is 13.3. The molecule has 0 saturated heterocycles. The first-order chi connectivity index (χ1) is 29.6. The van der Waals surface area contributed by atoms with Crippen LogP contribution in [-0.4, -0.2) is 37.9 Å². The SMILES string of the molecule is CC/C=C\C/C=C\C/C=C\C/C=C\C/C=C\CCOCC(COC(=O)CCCCCCC/C=C\C/C=C\C/C=C\CC)OC(=O)CCCCCCC/C=C\C/C=C\CCC. The zero-order valence-electron chi connectivity index (χ0n) is 38.7. The molecule has 5 heteroatoms. The molecule has 0 fully saturated rings. The summed E-state index contributed by atoms with van der Waals surface area (Å²) in [5.41, 5.74) is 0. The lowest BCUT2D eigenvalue weighted by atomic mass is 10.1. The highest BCUT2D eigenvalue weighted by molar-refractivity contribution is 5.70. The van der Waals surface area contributed by atoms with E-state index in [-0.39, 0.29) is 25.2 Å². The first kappa shape index (κ1) is 56.3. The monoisotopic (exact) mass is 829 g/mol. The fraction of sp³-hybridized carbons (Fsp3) is 0.600. The summed E-state index contributed by atoms with van der Waals surface area (Å²) in [7, 11) is 0. The third-order valence-electron chi connectivity index (χ3n) is 9.46. The lowest BCUT2D eigenvalue weighted by Gasteiger charge is -2.18. The van der Waals surface area contributed by atoms with Crippen molar-refractivity contribution in [3.8, 4) is 0 Å². The van der Waals surface area contributed by atoms with Gasteiger partial charge >= 0.3 is 11.9 Å². The van der Waals surface area contributed by atoms with Gasteiger partial charge in [-0.15, -0.1) is 0 Å². The average Bonchev–Trinajstić information content (AvgIpc) is 3.25. The molecule has 5 nitrogen and oxygen atoms in total. The number of hydrogen-bond donors (Lipinski definition) is 0. The Labute approximate surface area is 369 Å². The van der Waals surface area contributed by atoms with E-state index in [4.69, 9.17) is 14.2 Å². The van der Waals surface area contributed by atoms with E-state index in [1.54, 1.807) is 0 Å². The number of rotatable bonds is 42. The molecule has 0 aliphatic carbocycles. The molecule has 0 bridgehead atoms. The third kappa shape index (κ3) is 47.0. The molecule has 0 amide bonds. The van der Waals surface area contributed by atoms with Crippen LogP contribution in [0.25, 0.3) is 0 Å². The van der Waals surface area contributed by atoms with Crippen molar-refractivity contribution in [2.45, 2.75) is 194 Å². The summed E-state index contributed by atoms with van der Waals surface area (Å²) in [4.78, 5) is 25.3. The number of carbonyl (C=O) groups is 2. The number of unbranched alkanes of at least 4 members (excludes halogenated alkanes) is 11. The predicted molar refractivity (Wildman–Crippen MR) is 260 cm³/mol. The molecule has 0 rings (SSSR count). The number of hydrogen-bond acceptors (Lipinski definition) is 5. The maximum Gasteiger partial charge on any atom is 0.306 e. The molecular weight excluding hydrogens is 741 g/mol. The second kappa shape index (κ2) is 49.7. The first-order valence-corrected chi connectivity index (χ1v) is 24.1. The van der Waals surface area contributed by atoms with Crippen LogP contribution in [0, 0.1) is 0 Å².